The minimum Gasteiger partial charge on any atom is -0.469 e. The molecule has 0 saturated carbocycles. The van der Waals surface area contributed by atoms with Gasteiger partial charge in [0.15, 0.2) is 0 Å². The van der Waals surface area contributed by atoms with Crippen molar-refractivity contribution in [2.24, 2.45) is 10.2 Å². The maximum absolute atomic E-state index is 5.47. The predicted molar refractivity (Wildman–Crippen MR) is 162 cm³/mol. The molecule has 12 heteroatoms. The van der Waals surface area contributed by atoms with Gasteiger partial charge in [-0.3, -0.25) is 5.43 Å². The van der Waals surface area contributed by atoms with Gasteiger partial charge < -0.3 is 25.9 Å². The molecule has 1 saturated heterocycles. The molecule has 10 nitrogen and oxygen atoms in total. The van der Waals surface area contributed by atoms with E-state index in [0.29, 0.717) is 16.9 Å². The fraction of sp³-hybridized carbons (Fsp3) is 0.333. The van der Waals surface area contributed by atoms with Crippen molar-refractivity contribution >= 4 is 60.6 Å². The highest BCUT2D eigenvalue weighted by Gasteiger charge is 2.14. The zero-order chi connectivity index (χ0) is 27.0. The van der Waals surface area contributed by atoms with Gasteiger partial charge in [-0.25, -0.2) is 0 Å². The fourth-order valence-corrected chi connectivity index (χ4v) is 5.54. The Labute approximate surface area is 236 Å². The van der Waals surface area contributed by atoms with Crippen molar-refractivity contribution in [2.45, 2.75) is 40.0 Å². The van der Waals surface area contributed by atoms with E-state index in [-0.39, 0.29) is 0 Å². The van der Waals surface area contributed by atoms with Crippen LogP contribution in [0.15, 0.2) is 58.8 Å². The third-order valence-corrected chi connectivity index (χ3v) is 7.95. The van der Waals surface area contributed by atoms with Gasteiger partial charge in [0.2, 0.25) is 0 Å². The Balaban J connectivity index is 1.12. The summed E-state index contributed by atoms with van der Waals surface area (Å²) in [5.74, 6) is 0. The average molecular weight is 564 g/mol. The number of hydrogen-bond acceptors (Lipinski definition) is 12. The topological polar surface area (TPSA) is 111 Å². The second-order valence-corrected chi connectivity index (χ2v) is 11.2. The molecule has 1 aliphatic heterocycles. The smallest absolute Gasteiger partial charge is 0.295 e. The highest BCUT2D eigenvalue weighted by Crippen LogP contribution is 2.33. The lowest BCUT2D eigenvalue weighted by Gasteiger charge is -2.15. The summed E-state index contributed by atoms with van der Waals surface area (Å²) in [6, 6.07) is 16.4. The second kappa shape index (κ2) is 12.8. The molecule has 0 radical (unpaired) electrons. The second-order valence-electron chi connectivity index (χ2n) is 9.26. The SMILES string of the molecule is CCCOc1nnc(/N=N/c2ccc(NNc3ccc(NNc4ccc(N5CCCC5)s4)cc3C)cc2C)s1. The summed E-state index contributed by atoms with van der Waals surface area (Å²) in [5.41, 5.74) is 19.0. The number of hydrogen-bond donors (Lipinski definition) is 4. The first-order valence-corrected chi connectivity index (χ1v) is 14.7. The number of nitrogens with zero attached hydrogens (tertiary/aromatic N) is 5. The van der Waals surface area contributed by atoms with Gasteiger partial charge in [0.1, 0.15) is 5.00 Å². The van der Waals surface area contributed by atoms with Gasteiger partial charge in [-0.1, -0.05) is 23.4 Å². The van der Waals surface area contributed by atoms with Gasteiger partial charge in [0.05, 0.1) is 34.4 Å². The predicted octanol–water partition coefficient (Wildman–Crippen LogP) is 7.90. The van der Waals surface area contributed by atoms with Crippen LogP contribution in [0, 0.1) is 13.8 Å². The molecule has 1 fully saturated rings. The number of azo groups is 1. The average Bonchev–Trinajstić information content (AvgIpc) is 3.72. The lowest BCUT2D eigenvalue weighted by Crippen LogP contribution is -2.15. The van der Waals surface area contributed by atoms with Gasteiger partial charge in [0, 0.05) is 13.1 Å². The van der Waals surface area contributed by atoms with E-state index in [4.69, 9.17) is 4.74 Å². The monoisotopic (exact) mass is 563 g/mol. The molecular formula is C27H33N9OS2. The number of anilines is 5. The molecule has 1 aliphatic rings. The van der Waals surface area contributed by atoms with Gasteiger partial charge in [-0.05, 0) is 104 Å². The summed E-state index contributed by atoms with van der Waals surface area (Å²) in [6.07, 6.45) is 3.49. The summed E-state index contributed by atoms with van der Waals surface area (Å²) in [6.45, 7) is 9.04. The fourth-order valence-electron chi connectivity index (χ4n) is 4.09. The van der Waals surface area contributed by atoms with Crippen LogP contribution < -0.4 is 31.3 Å². The van der Waals surface area contributed by atoms with E-state index in [1.54, 1.807) is 11.3 Å². The van der Waals surface area contributed by atoms with E-state index in [1.165, 1.54) is 29.2 Å². The summed E-state index contributed by atoms with van der Waals surface area (Å²) in [4.78, 5) is 2.45. The van der Waals surface area contributed by atoms with Crippen LogP contribution >= 0.6 is 22.7 Å². The minimum atomic E-state index is 0.468. The molecule has 2 aromatic carbocycles. The van der Waals surface area contributed by atoms with Gasteiger partial charge >= 0.3 is 0 Å². The number of nitrogens with one attached hydrogen (secondary N) is 4. The highest BCUT2D eigenvalue weighted by molar-refractivity contribution is 7.20. The van der Waals surface area contributed by atoms with Crippen molar-refractivity contribution in [3.8, 4) is 5.19 Å². The first-order valence-electron chi connectivity index (χ1n) is 13.1. The van der Waals surface area contributed by atoms with E-state index in [0.717, 1.165) is 58.4 Å². The quantitative estimate of drug-likeness (QED) is 0.102. The maximum Gasteiger partial charge on any atom is 0.295 e. The Hall–Kier alpha value is -3.90. The number of benzene rings is 2. The zero-order valence-electron chi connectivity index (χ0n) is 22.3. The Bertz CT molecular complexity index is 1410. The van der Waals surface area contributed by atoms with E-state index < -0.39 is 0 Å². The van der Waals surface area contributed by atoms with Crippen LogP contribution in [0.3, 0.4) is 0 Å². The third kappa shape index (κ3) is 7.15. The first-order chi connectivity index (χ1) is 19.1. The van der Waals surface area contributed by atoms with Crippen molar-refractivity contribution in [1.29, 1.82) is 0 Å². The maximum atomic E-state index is 5.47. The van der Waals surface area contributed by atoms with Crippen LogP contribution in [0.25, 0.3) is 0 Å². The standard InChI is InChI=1S/C27H33N9OS2/c1-4-15-37-27-35-34-26(39-27)33-31-23-10-7-20(16-19(23)3)28-30-22-9-8-21(17-18(22)2)29-32-24-11-12-25(38-24)36-13-5-6-14-36/h7-12,16-17,28-30,32H,4-6,13-15H2,1-3H3/b33-31+. The van der Waals surface area contributed by atoms with Gasteiger partial charge in [-0.15, -0.1) is 15.3 Å². The van der Waals surface area contributed by atoms with E-state index in [1.807, 2.05) is 44.2 Å². The molecular weight excluding hydrogens is 530 g/mol. The van der Waals surface area contributed by atoms with Crippen molar-refractivity contribution in [3.63, 3.8) is 0 Å². The molecule has 2 aromatic heterocycles. The molecule has 0 amide bonds. The van der Waals surface area contributed by atoms with Crippen molar-refractivity contribution in [1.82, 2.24) is 10.2 Å². The molecule has 5 rings (SSSR count). The lowest BCUT2D eigenvalue weighted by molar-refractivity contribution is 0.313. The Morgan fingerprint density at radius 2 is 1.62 bits per heavy atom. The molecule has 0 unspecified atom stereocenters. The van der Waals surface area contributed by atoms with Crippen LogP contribution in [0.5, 0.6) is 5.19 Å². The summed E-state index contributed by atoms with van der Waals surface area (Å²) in [5, 5.41) is 19.9. The Morgan fingerprint density at radius 1 is 0.846 bits per heavy atom. The number of ether oxygens (including phenoxy) is 1. The molecule has 0 aliphatic carbocycles. The Kier molecular flexibility index (Phi) is 8.74. The van der Waals surface area contributed by atoms with Crippen LogP contribution in [0.4, 0.5) is 37.9 Å². The number of hydrazine groups is 2. The van der Waals surface area contributed by atoms with E-state index in [2.05, 4.69) is 72.2 Å². The largest absolute Gasteiger partial charge is 0.469 e. The third-order valence-electron chi connectivity index (χ3n) is 6.17. The normalized spacial score (nSPS) is 13.2. The number of rotatable bonds is 12. The van der Waals surface area contributed by atoms with Gasteiger partial charge in [-0.2, -0.15) is 0 Å². The molecule has 0 spiro atoms. The Morgan fingerprint density at radius 3 is 2.38 bits per heavy atom. The van der Waals surface area contributed by atoms with Crippen LogP contribution in [-0.4, -0.2) is 29.9 Å². The summed E-state index contributed by atoms with van der Waals surface area (Å²) < 4.78 is 5.47. The summed E-state index contributed by atoms with van der Waals surface area (Å²) in [7, 11) is 0. The molecule has 4 N–H and O–H groups in total. The summed E-state index contributed by atoms with van der Waals surface area (Å²) >= 11 is 3.06. The molecule has 39 heavy (non-hydrogen) atoms. The van der Waals surface area contributed by atoms with Crippen LogP contribution in [-0.2, 0) is 0 Å². The minimum absolute atomic E-state index is 0.468. The van der Waals surface area contributed by atoms with Gasteiger partial charge in [0.25, 0.3) is 10.3 Å². The van der Waals surface area contributed by atoms with Crippen LogP contribution in [0.2, 0.25) is 0 Å². The van der Waals surface area contributed by atoms with Crippen molar-refractivity contribution < 1.29 is 4.74 Å². The first kappa shape index (κ1) is 26.7. The molecule has 3 heterocycles. The highest BCUT2D eigenvalue weighted by atomic mass is 32.1. The molecule has 0 bridgehead atoms. The van der Waals surface area contributed by atoms with Crippen LogP contribution in [0.1, 0.15) is 37.3 Å². The molecule has 0 atom stereocenters. The zero-order valence-corrected chi connectivity index (χ0v) is 24.0. The molecule has 204 valence electrons. The number of aryl methyl sites for hydroxylation is 2. The van der Waals surface area contributed by atoms with Crippen molar-refractivity contribution in [3.05, 3.63) is 59.7 Å². The van der Waals surface area contributed by atoms with Crippen molar-refractivity contribution in [2.75, 3.05) is 46.3 Å². The number of thiophene rings is 1. The van der Waals surface area contributed by atoms with E-state index in [9.17, 15) is 0 Å². The lowest BCUT2D eigenvalue weighted by atomic mass is 10.2. The molecule has 4 aromatic rings. The van der Waals surface area contributed by atoms with E-state index >= 15 is 0 Å². The number of aromatic nitrogens is 2.